The molecule has 1 unspecified atom stereocenters. The van der Waals surface area contributed by atoms with Crippen LogP contribution in [0.4, 0.5) is 13.2 Å². The molecular formula is C23H26F3NO6S. The Morgan fingerprint density at radius 1 is 1.15 bits per heavy atom. The number of esters is 1. The van der Waals surface area contributed by atoms with Gasteiger partial charge < -0.3 is 19.8 Å². The molecule has 0 saturated carbocycles. The van der Waals surface area contributed by atoms with Gasteiger partial charge in [0.05, 0.1) is 18.8 Å². The normalized spacial score (nSPS) is 17.9. The molecule has 2 aromatic rings. The summed E-state index contributed by atoms with van der Waals surface area (Å²) >= 11 is 0. The second kappa shape index (κ2) is 10.6. The smallest absolute Gasteiger partial charge is 0.389 e. The van der Waals surface area contributed by atoms with Crippen LogP contribution in [0.15, 0.2) is 42.5 Å². The molecule has 0 spiro atoms. The van der Waals surface area contributed by atoms with Crippen molar-refractivity contribution in [3.05, 3.63) is 59.2 Å². The molecule has 0 saturated heterocycles. The van der Waals surface area contributed by atoms with E-state index >= 15 is 0 Å². The molecular weight excluding hydrogens is 475 g/mol. The first-order chi connectivity index (χ1) is 16.0. The summed E-state index contributed by atoms with van der Waals surface area (Å²) in [6.07, 6.45) is -5.68. The van der Waals surface area contributed by atoms with Crippen LogP contribution in [0.1, 0.15) is 41.9 Å². The number of ether oxygens (including phenoxy) is 1. The van der Waals surface area contributed by atoms with Crippen LogP contribution < -0.4 is 9.92 Å². The highest BCUT2D eigenvalue weighted by Crippen LogP contribution is 2.46. The summed E-state index contributed by atoms with van der Waals surface area (Å²) in [5, 5.41) is 10.6. The highest BCUT2D eigenvalue weighted by atomic mass is 32.2. The molecule has 0 fully saturated rings. The Labute approximate surface area is 195 Å². The molecule has 34 heavy (non-hydrogen) atoms. The lowest BCUT2D eigenvalue weighted by Crippen LogP contribution is -2.20. The van der Waals surface area contributed by atoms with Crippen LogP contribution in [-0.2, 0) is 26.1 Å². The number of nitrogens with two attached hydrogens (primary N) is 1. The molecule has 0 aromatic heterocycles. The van der Waals surface area contributed by atoms with E-state index in [-0.39, 0.29) is 37.0 Å². The molecule has 2 atom stereocenters. The number of aromatic hydroxyl groups is 1. The highest BCUT2D eigenvalue weighted by molar-refractivity contribution is 7.87. The second-order valence-electron chi connectivity index (χ2n) is 8.15. The Kier molecular flexibility index (Phi) is 8.09. The molecule has 3 N–H and O–H groups in total. The molecule has 2 aromatic carbocycles. The quantitative estimate of drug-likeness (QED) is 0.377. The topological polar surface area (TPSA) is 116 Å². The van der Waals surface area contributed by atoms with Crippen molar-refractivity contribution < 1.29 is 40.4 Å². The second-order valence-corrected chi connectivity index (χ2v) is 9.84. The fourth-order valence-electron chi connectivity index (χ4n) is 4.12. The zero-order valence-electron chi connectivity index (χ0n) is 18.3. The largest absolute Gasteiger partial charge is 0.508 e. The number of benzene rings is 2. The van der Waals surface area contributed by atoms with Gasteiger partial charge in [0, 0.05) is 30.4 Å². The molecule has 1 aliphatic rings. The van der Waals surface area contributed by atoms with Gasteiger partial charge in [-0.1, -0.05) is 24.3 Å². The Morgan fingerprint density at radius 2 is 1.88 bits per heavy atom. The van der Waals surface area contributed by atoms with E-state index in [1.807, 2.05) is 24.3 Å². The third-order valence-electron chi connectivity index (χ3n) is 5.56. The third kappa shape index (κ3) is 6.86. The van der Waals surface area contributed by atoms with Crippen molar-refractivity contribution in [3.63, 3.8) is 0 Å². The maximum absolute atomic E-state index is 12.3. The van der Waals surface area contributed by atoms with Crippen molar-refractivity contribution in [2.75, 3.05) is 18.9 Å². The predicted octanol–water partition coefficient (Wildman–Crippen LogP) is 3.64. The highest BCUT2D eigenvalue weighted by Gasteiger charge is 2.36. The lowest BCUT2D eigenvalue weighted by atomic mass is 9.85. The summed E-state index contributed by atoms with van der Waals surface area (Å²) in [6.45, 7) is 0.225. The monoisotopic (exact) mass is 501 g/mol. The zero-order chi connectivity index (χ0) is 24.9. The van der Waals surface area contributed by atoms with Crippen LogP contribution >= 0.6 is 0 Å². The number of halogens is 3. The van der Waals surface area contributed by atoms with Crippen LogP contribution in [-0.4, -0.2) is 44.6 Å². The Hall–Kier alpha value is -2.79. The molecule has 0 heterocycles. The fourth-order valence-corrected chi connectivity index (χ4v) is 5.09. The SMILES string of the molecule is NCCC(=O)OC[C@@H]1Cc2ccccc2C1c1cc(OS(=O)(=O)CCCC(F)(F)F)ccc1O. The van der Waals surface area contributed by atoms with Crippen LogP contribution in [0.25, 0.3) is 0 Å². The summed E-state index contributed by atoms with van der Waals surface area (Å²) < 4.78 is 71.8. The van der Waals surface area contributed by atoms with Crippen LogP contribution in [0, 0.1) is 5.92 Å². The molecule has 186 valence electrons. The van der Waals surface area contributed by atoms with E-state index in [4.69, 9.17) is 14.7 Å². The number of alkyl halides is 3. The van der Waals surface area contributed by atoms with Crippen molar-refractivity contribution in [2.24, 2.45) is 11.7 Å². The molecule has 0 amide bonds. The van der Waals surface area contributed by atoms with Crippen molar-refractivity contribution in [1.29, 1.82) is 0 Å². The Balaban J connectivity index is 1.83. The standard InChI is InChI=1S/C23H26F3NO6S/c24-23(25,26)9-3-11-34(30,31)33-17-6-7-20(28)19(13-17)22-16(14-32-21(29)8-10-27)12-15-4-1-2-5-18(15)22/h1-2,4-7,13,16,22,28H,3,8-12,14,27H2/t16-,22?/m0/s1. The molecule has 0 aliphatic heterocycles. The zero-order valence-corrected chi connectivity index (χ0v) is 19.1. The fraction of sp³-hybridized carbons (Fsp3) is 0.435. The van der Waals surface area contributed by atoms with E-state index < -0.39 is 46.8 Å². The molecule has 11 heteroatoms. The summed E-state index contributed by atoms with van der Waals surface area (Å²) in [6, 6.07) is 11.4. The minimum Gasteiger partial charge on any atom is -0.508 e. The maximum Gasteiger partial charge on any atom is 0.389 e. The summed E-state index contributed by atoms with van der Waals surface area (Å²) in [4.78, 5) is 11.8. The average molecular weight is 502 g/mol. The van der Waals surface area contributed by atoms with Gasteiger partial charge in [-0.05, 0) is 42.2 Å². The molecule has 3 rings (SSSR count). The summed E-state index contributed by atoms with van der Waals surface area (Å²) in [7, 11) is -4.27. The van der Waals surface area contributed by atoms with E-state index in [2.05, 4.69) is 0 Å². The summed E-state index contributed by atoms with van der Waals surface area (Å²) in [5.74, 6) is -2.12. The maximum atomic E-state index is 12.3. The number of phenolic OH excluding ortho intramolecular Hbond substituents is 1. The van der Waals surface area contributed by atoms with Crippen molar-refractivity contribution in [1.82, 2.24) is 0 Å². The van der Waals surface area contributed by atoms with Crippen molar-refractivity contribution >= 4 is 16.1 Å². The first-order valence-electron chi connectivity index (χ1n) is 10.7. The van der Waals surface area contributed by atoms with E-state index in [0.29, 0.717) is 12.0 Å². The number of hydrogen-bond acceptors (Lipinski definition) is 7. The van der Waals surface area contributed by atoms with Crippen molar-refractivity contribution in [2.45, 2.75) is 37.8 Å². The number of phenols is 1. The number of fused-ring (bicyclic) bond motifs is 1. The summed E-state index contributed by atoms with van der Waals surface area (Å²) in [5.41, 5.74) is 7.64. The van der Waals surface area contributed by atoms with Crippen LogP contribution in [0.5, 0.6) is 11.5 Å². The minimum absolute atomic E-state index is 0.0679. The van der Waals surface area contributed by atoms with Gasteiger partial charge >= 0.3 is 22.3 Å². The van der Waals surface area contributed by atoms with Gasteiger partial charge in [-0.3, -0.25) is 4.79 Å². The van der Waals surface area contributed by atoms with Gasteiger partial charge in [-0.15, -0.1) is 0 Å². The van der Waals surface area contributed by atoms with E-state index in [1.165, 1.54) is 18.2 Å². The molecule has 1 aliphatic carbocycles. The lowest BCUT2D eigenvalue weighted by molar-refractivity contribution is -0.144. The Bertz CT molecular complexity index is 1120. The number of rotatable bonds is 10. The van der Waals surface area contributed by atoms with E-state index in [1.54, 1.807) is 0 Å². The van der Waals surface area contributed by atoms with Gasteiger partial charge in [-0.25, -0.2) is 0 Å². The Morgan fingerprint density at radius 3 is 2.59 bits per heavy atom. The molecule has 0 bridgehead atoms. The predicted molar refractivity (Wildman–Crippen MR) is 118 cm³/mol. The molecule has 7 nitrogen and oxygen atoms in total. The van der Waals surface area contributed by atoms with E-state index in [0.717, 1.165) is 11.1 Å². The minimum atomic E-state index is -4.46. The number of hydrogen-bond donors (Lipinski definition) is 2. The first-order valence-corrected chi connectivity index (χ1v) is 12.3. The molecule has 0 radical (unpaired) electrons. The van der Waals surface area contributed by atoms with Crippen molar-refractivity contribution in [3.8, 4) is 11.5 Å². The lowest BCUT2D eigenvalue weighted by Gasteiger charge is -2.22. The van der Waals surface area contributed by atoms with Gasteiger partial charge in [-0.2, -0.15) is 21.6 Å². The number of carbonyl (C=O) groups excluding carboxylic acids is 1. The van der Waals surface area contributed by atoms with Gasteiger partial charge in [0.1, 0.15) is 11.5 Å². The average Bonchev–Trinajstić information content (AvgIpc) is 3.11. The van der Waals surface area contributed by atoms with Crippen LogP contribution in [0.3, 0.4) is 0 Å². The third-order valence-corrected chi connectivity index (χ3v) is 6.80. The van der Waals surface area contributed by atoms with Gasteiger partial charge in [0.25, 0.3) is 0 Å². The van der Waals surface area contributed by atoms with E-state index in [9.17, 15) is 31.5 Å². The first kappa shape index (κ1) is 25.8. The van der Waals surface area contributed by atoms with Gasteiger partial charge in [0.2, 0.25) is 0 Å². The van der Waals surface area contributed by atoms with Crippen LogP contribution in [0.2, 0.25) is 0 Å². The number of carbonyl (C=O) groups is 1. The van der Waals surface area contributed by atoms with Gasteiger partial charge in [0.15, 0.2) is 0 Å².